The number of aryl methyl sites for hydroxylation is 1. The first-order valence-corrected chi connectivity index (χ1v) is 12.5. The Bertz CT molecular complexity index is 1490. The fourth-order valence-electron chi connectivity index (χ4n) is 3.70. The number of esters is 1. The summed E-state index contributed by atoms with van der Waals surface area (Å²) in [5.41, 5.74) is 2.82. The van der Waals surface area contributed by atoms with E-state index in [2.05, 4.69) is 0 Å². The Morgan fingerprint density at radius 2 is 2.03 bits per heavy atom. The molecular formula is C25H24N2O5S2. The van der Waals surface area contributed by atoms with Gasteiger partial charge in [-0.15, -0.1) is 11.3 Å². The summed E-state index contributed by atoms with van der Waals surface area (Å²) in [4.78, 5) is 38.6. The minimum Gasteiger partial charge on any atom is -0.467 e. The number of furan rings is 1. The summed E-state index contributed by atoms with van der Waals surface area (Å²) in [5.74, 6) is 0.0257. The van der Waals surface area contributed by atoms with Crippen LogP contribution in [0.2, 0.25) is 0 Å². The smallest absolute Gasteiger partial charge is 0.333 e. The van der Waals surface area contributed by atoms with Gasteiger partial charge in [0.25, 0.3) is 5.56 Å². The van der Waals surface area contributed by atoms with E-state index in [1.807, 2.05) is 53.4 Å². The molecular weight excluding hydrogens is 472 g/mol. The molecule has 0 aliphatic carbocycles. The highest BCUT2D eigenvalue weighted by Gasteiger charge is 2.19. The number of aromatic nitrogens is 2. The average Bonchev–Trinajstić information content (AvgIpc) is 3.59. The van der Waals surface area contributed by atoms with Crippen LogP contribution in [0.4, 0.5) is 0 Å². The fourth-order valence-corrected chi connectivity index (χ4v) is 5.35. The van der Waals surface area contributed by atoms with E-state index < -0.39 is 5.97 Å². The van der Waals surface area contributed by atoms with E-state index in [1.54, 1.807) is 19.3 Å². The average molecular weight is 497 g/mol. The summed E-state index contributed by atoms with van der Waals surface area (Å²) < 4.78 is 14.6. The van der Waals surface area contributed by atoms with Gasteiger partial charge in [-0.3, -0.25) is 14.2 Å². The number of ether oxygens (including phenoxy) is 1. The molecule has 0 spiro atoms. The summed E-state index contributed by atoms with van der Waals surface area (Å²) in [6, 6.07) is 7.44. The predicted octanol–water partition coefficient (Wildman–Crippen LogP) is 3.09. The van der Waals surface area contributed by atoms with Gasteiger partial charge in [-0.05, 0) is 67.4 Å². The third kappa shape index (κ3) is 5.05. The molecule has 0 N–H and O–H groups in total. The summed E-state index contributed by atoms with van der Waals surface area (Å²) in [7, 11) is 0. The number of ketones is 1. The van der Waals surface area contributed by atoms with Crippen LogP contribution in [0.1, 0.15) is 40.0 Å². The van der Waals surface area contributed by atoms with Crippen molar-refractivity contribution in [3.05, 3.63) is 89.1 Å². The molecule has 4 aromatic heterocycles. The molecule has 4 rings (SSSR count). The van der Waals surface area contributed by atoms with Gasteiger partial charge in [-0.1, -0.05) is 0 Å². The van der Waals surface area contributed by atoms with E-state index in [0.29, 0.717) is 21.3 Å². The second kappa shape index (κ2) is 10.2. The van der Waals surface area contributed by atoms with Gasteiger partial charge in [-0.2, -0.15) is 11.3 Å². The number of nitrogens with zero attached hydrogens (tertiary/aromatic N) is 2. The lowest BCUT2D eigenvalue weighted by Crippen LogP contribution is -2.34. The molecule has 0 radical (unpaired) electrons. The van der Waals surface area contributed by atoms with Crippen LogP contribution >= 0.6 is 22.7 Å². The van der Waals surface area contributed by atoms with Gasteiger partial charge in [0.05, 0.1) is 36.6 Å². The van der Waals surface area contributed by atoms with E-state index in [9.17, 15) is 14.4 Å². The number of thiophene rings is 1. The quantitative estimate of drug-likeness (QED) is 0.277. The number of Topliss-reactive ketones (excluding diaryl/α,β-unsaturated/α-hetero) is 1. The van der Waals surface area contributed by atoms with Crippen LogP contribution in [0.3, 0.4) is 0 Å². The Morgan fingerprint density at radius 3 is 2.71 bits per heavy atom. The molecule has 0 bridgehead atoms. The van der Waals surface area contributed by atoms with Gasteiger partial charge in [0.1, 0.15) is 10.4 Å². The van der Waals surface area contributed by atoms with Gasteiger partial charge in [0.2, 0.25) is 0 Å². The van der Waals surface area contributed by atoms with Crippen LogP contribution < -0.4 is 14.8 Å². The Kier molecular flexibility index (Phi) is 7.14. The van der Waals surface area contributed by atoms with Gasteiger partial charge in [0, 0.05) is 17.0 Å². The lowest BCUT2D eigenvalue weighted by Gasteiger charge is -2.08. The Morgan fingerprint density at radius 1 is 1.21 bits per heavy atom. The molecule has 4 heterocycles. The monoisotopic (exact) mass is 496 g/mol. The third-order valence-corrected chi connectivity index (χ3v) is 7.14. The van der Waals surface area contributed by atoms with Gasteiger partial charge in [-0.25, -0.2) is 4.79 Å². The normalized spacial score (nSPS) is 12.4. The third-order valence-electron chi connectivity index (χ3n) is 5.38. The molecule has 9 heteroatoms. The summed E-state index contributed by atoms with van der Waals surface area (Å²) >= 11 is 2.69. The van der Waals surface area contributed by atoms with Crippen LogP contribution in [-0.4, -0.2) is 27.5 Å². The zero-order valence-corrected chi connectivity index (χ0v) is 20.7. The molecule has 7 nitrogen and oxygen atoms in total. The van der Waals surface area contributed by atoms with E-state index in [1.165, 1.54) is 22.0 Å². The van der Waals surface area contributed by atoms with Crippen molar-refractivity contribution >= 4 is 46.6 Å². The summed E-state index contributed by atoms with van der Waals surface area (Å²) in [5, 5.41) is 3.85. The van der Waals surface area contributed by atoms with Gasteiger partial charge in [0.15, 0.2) is 5.78 Å². The van der Waals surface area contributed by atoms with Crippen molar-refractivity contribution in [2.24, 2.45) is 0 Å². The first kappa shape index (κ1) is 23.7. The zero-order chi connectivity index (χ0) is 24.2. The minimum atomic E-state index is -0.552. The topological polar surface area (TPSA) is 83.4 Å². The second-order valence-electron chi connectivity index (χ2n) is 7.67. The number of hydrogen-bond donors (Lipinski definition) is 0. The van der Waals surface area contributed by atoms with E-state index >= 15 is 0 Å². The molecule has 0 amide bonds. The van der Waals surface area contributed by atoms with Crippen molar-refractivity contribution in [1.29, 1.82) is 0 Å². The standard InChI is InChI=1S/C25H24N2O5S2/c1-4-31-24(29)12-23-27(25(30)22(34-23)11-18-7-9-33-15-18)14-21(28)20-10-16(2)26(17(20)3)13-19-6-5-8-32-19/h5-12,15H,4,13-14H2,1-3H3/b22-11+,23-12+. The van der Waals surface area contributed by atoms with Crippen LogP contribution in [-0.2, 0) is 22.6 Å². The number of carbonyl (C=O) groups excluding carboxylic acids is 2. The van der Waals surface area contributed by atoms with E-state index in [4.69, 9.17) is 9.15 Å². The molecule has 0 unspecified atom stereocenters. The van der Waals surface area contributed by atoms with Crippen LogP contribution in [0, 0.1) is 13.8 Å². The number of carbonyl (C=O) groups is 2. The van der Waals surface area contributed by atoms with Crippen molar-refractivity contribution < 1.29 is 18.7 Å². The highest BCUT2D eigenvalue weighted by molar-refractivity contribution is 7.08. The van der Waals surface area contributed by atoms with Crippen LogP contribution in [0.25, 0.3) is 12.2 Å². The molecule has 0 atom stereocenters. The first-order valence-electron chi connectivity index (χ1n) is 10.7. The number of rotatable bonds is 8. The maximum Gasteiger partial charge on any atom is 0.333 e. The minimum absolute atomic E-state index is 0.177. The van der Waals surface area contributed by atoms with Crippen molar-refractivity contribution in [2.75, 3.05) is 6.61 Å². The predicted molar refractivity (Wildman–Crippen MR) is 133 cm³/mol. The molecule has 0 aliphatic rings. The summed E-state index contributed by atoms with van der Waals surface area (Å²) in [6.45, 7) is 6.07. The molecule has 34 heavy (non-hydrogen) atoms. The van der Waals surface area contributed by atoms with Crippen molar-refractivity contribution in [3.8, 4) is 0 Å². The SMILES string of the molecule is CCOC(=O)/C=c1/s/c(=C/c2ccsc2)c(=O)n1CC(=O)c1cc(C)n(Cc2ccco2)c1C. The maximum atomic E-state index is 13.3. The van der Waals surface area contributed by atoms with Gasteiger partial charge < -0.3 is 13.7 Å². The van der Waals surface area contributed by atoms with Crippen LogP contribution in [0.15, 0.2) is 50.5 Å². The van der Waals surface area contributed by atoms with Gasteiger partial charge >= 0.3 is 5.97 Å². The molecule has 0 saturated heterocycles. The number of hydrogen-bond acceptors (Lipinski definition) is 7. The molecule has 0 fully saturated rings. The highest BCUT2D eigenvalue weighted by Crippen LogP contribution is 2.18. The maximum absolute atomic E-state index is 13.3. The van der Waals surface area contributed by atoms with E-state index in [0.717, 1.165) is 34.0 Å². The van der Waals surface area contributed by atoms with Crippen molar-refractivity contribution in [1.82, 2.24) is 9.13 Å². The highest BCUT2D eigenvalue weighted by atomic mass is 32.1. The Balaban J connectivity index is 1.72. The Hall–Kier alpha value is -3.43. The van der Waals surface area contributed by atoms with Crippen molar-refractivity contribution in [3.63, 3.8) is 0 Å². The first-order chi connectivity index (χ1) is 16.4. The molecule has 0 aromatic carbocycles. The van der Waals surface area contributed by atoms with Crippen molar-refractivity contribution in [2.45, 2.75) is 33.9 Å². The second-order valence-corrected chi connectivity index (χ2v) is 9.51. The largest absolute Gasteiger partial charge is 0.467 e. The molecule has 176 valence electrons. The lowest BCUT2D eigenvalue weighted by molar-refractivity contribution is -0.135. The summed E-state index contributed by atoms with van der Waals surface area (Å²) in [6.07, 6.45) is 4.65. The molecule has 0 saturated carbocycles. The Labute approximate surface area is 203 Å². The zero-order valence-electron chi connectivity index (χ0n) is 19.1. The van der Waals surface area contributed by atoms with Crippen LogP contribution in [0.5, 0.6) is 0 Å². The number of thiazole rings is 1. The fraction of sp³-hybridized carbons (Fsp3) is 0.240. The molecule has 0 aliphatic heterocycles. The van der Waals surface area contributed by atoms with E-state index in [-0.39, 0.29) is 24.5 Å². The molecule has 4 aromatic rings. The lowest BCUT2D eigenvalue weighted by atomic mass is 10.1.